The summed E-state index contributed by atoms with van der Waals surface area (Å²) in [5.41, 5.74) is 2.35. The molecule has 1 nitrogen and oxygen atoms in total. The molecule has 0 saturated carbocycles. The second-order valence-electron chi connectivity index (χ2n) is 5.16. The van der Waals surface area contributed by atoms with E-state index >= 15 is 0 Å². The molecule has 1 atom stereocenters. The lowest BCUT2D eigenvalue weighted by Crippen LogP contribution is -2.05. The number of alkyl halides is 1. The number of hydrogen-bond acceptors (Lipinski definition) is 1. The summed E-state index contributed by atoms with van der Waals surface area (Å²) in [6.45, 7) is 4.04. The van der Waals surface area contributed by atoms with Crippen LogP contribution in [0.4, 0.5) is 0 Å². The molecule has 0 heterocycles. The fourth-order valence-corrected chi connectivity index (χ4v) is 3.02. The predicted octanol–water partition coefficient (Wildman–Crippen LogP) is 6.46. The molecule has 0 aromatic heterocycles. The lowest BCUT2D eigenvalue weighted by molar-refractivity contribution is 0.242. The largest absolute Gasteiger partial charge is 0.491 e. The highest BCUT2D eigenvalue weighted by Crippen LogP contribution is 2.31. The molecule has 112 valence electrons. The van der Waals surface area contributed by atoms with E-state index in [0.29, 0.717) is 10.0 Å². The van der Waals surface area contributed by atoms with Crippen molar-refractivity contribution in [2.45, 2.75) is 31.2 Å². The van der Waals surface area contributed by atoms with E-state index in [0.717, 1.165) is 17.7 Å². The Morgan fingerprint density at radius 1 is 1.00 bits per heavy atom. The summed E-state index contributed by atoms with van der Waals surface area (Å²) in [5, 5.41) is 1.18. The van der Waals surface area contributed by atoms with E-state index in [2.05, 4.69) is 28.1 Å². The zero-order valence-electron chi connectivity index (χ0n) is 11.9. The summed E-state index contributed by atoms with van der Waals surface area (Å²) >= 11 is 15.7. The van der Waals surface area contributed by atoms with Crippen molar-refractivity contribution in [1.29, 1.82) is 0 Å². The Labute approximate surface area is 144 Å². The minimum atomic E-state index is 0.187. The summed E-state index contributed by atoms with van der Waals surface area (Å²) in [6, 6.07) is 13.9. The van der Waals surface area contributed by atoms with Crippen LogP contribution in [0.15, 0.2) is 42.5 Å². The van der Waals surface area contributed by atoms with E-state index in [1.807, 2.05) is 44.2 Å². The fourth-order valence-electron chi connectivity index (χ4n) is 2.02. The Hall–Kier alpha value is -0.700. The van der Waals surface area contributed by atoms with Gasteiger partial charge < -0.3 is 4.74 Å². The third-order valence-corrected chi connectivity index (χ3v) is 4.60. The van der Waals surface area contributed by atoms with Gasteiger partial charge in [-0.25, -0.2) is 0 Å². The predicted molar refractivity (Wildman–Crippen MR) is 94.0 cm³/mol. The molecule has 0 N–H and O–H groups in total. The highest BCUT2D eigenvalue weighted by Gasteiger charge is 2.10. The van der Waals surface area contributed by atoms with Gasteiger partial charge in [0.05, 0.1) is 16.1 Å². The van der Waals surface area contributed by atoms with Crippen LogP contribution in [0.2, 0.25) is 10.0 Å². The monoisotopic (exact) mass is 386 g/mol. The van der Waals surface area contributed by atoms with Crippen LogP contribution in [0, 0.1) is 0 Å². The number of halogens is 3. The third-order valence-electron chi connectivity index (χ3n) is 3.01. The van der Waals surface area contributed by atoms with E-state index in [1.165, 1.54) is 5.56 Å². The van der Waals surface area contributed by atoms with Crippen molar-refractivity contribution < 1.29 is 4.74 Å². The lowest BCUT2D eigenvalue weighted by Gasteiger charge is -2.13. The SMILES string of the molecule is CC(C)Oc1ccc(C(Br)Cc2ccc(Cl)c(Cl)c2)cc1. The van der Waals surface area contributed by atoms with Gasteiger partial charge in [0.1, 0.15) is 5.75 Å². The molecule has 2 aromatic rings. The molecule has 0 saturated heterocycles. The zero-order chi connectivity index (χ0) is 15.4. The zero-order valence-corrected chi connectivity index (χ0v) is 15.0. The van der Waals surface area contributed by atoms with E-state index < -0.39 is 0 Å². The van der Waals surface area contributed by atoms with Crippen LogP contribution in [0.1, 0.15) is 29.8 Å². The molecule has 2 aromatic carbocycles. The van der Waals surface area contributed by atoms with Gasteiger partial charge in [-0.1, -0.05) is 57.3 Å². The molecule has 0 amide bonds. The minimum Gasteiger partial charge on any atom is -0.491 e. The number of rotatable bonds is 5. The van der Waals surface area contributed by atoms with Gasteiger partial charge in [-0.15, -0.1) is 0 Å². The molecule has 0 aliphatic rings. The van der Waals surface area contributed by atoms with Crippen LogP contribution in [0.3, 0.4) is 0 Å². The Morgan fingerprint density at radius 3 is 2.24 bits per heavy atom. The Bertz CT molecular complexity index is 596. The first-order valence-electron chi connectivity index (χ1n) is 6.80. The molecule has 0 bridgehead atoms. The molecular weight excluding hydrogens is 371 g/mol. The van der Waals surface area contributed by atoms with E-state index in [4.69, 9.17) is 27.9 Å². The molecule has 0 fully saturated rings. The van der Waals surface area contributed by atoms with Crippen LogP contribution in [0.25, 0.3) is 0 Å². The van der Waals surface area contributed by atoms with Gasteiger partial charge in [-0.05, 0) is 55.7 Å². The fraction of sp³-hybridized carbons (Fsp3) is 0.294. The quantitative estimate of drug-likeness (QED) is 0.535. The first kappa shape index (κ1) is 16.7. The van der Waals surface area contributed by atoms with Gasteiger partial charge in [0.2, 0.25) is 0 Å². The highest BCUT2D eigenvalue weighted by atomic mass is 79.9. The van der Waals surface area contributed by atoms with Gasteiger partial charge in [-0.2, -0.15) is 0 Å². The van der Waals surface area contributed by atoms with Gasteiger partial charge in [-0.3, -0.25) is 0 Å². The average Bonchev–Trinajstić information content (AvgIpc) is 2.43. The Morgan fingerprint density at radius 2 is 1.67 bits per heavy atom. The van der Waals surface area contributed by atoms with Crippen molar-refractivity contribution in [2.75, 3.05) is 0 Å². The van der Waals surface area contributed by atoms with Crippen molar-refractivity contribution >= 4 is 39.1 Å². The smallest absolute Gasteiger partial charge is 0.119 e. The Kier molecular flexibility index (Phi) is 5.98. The molecular formula is C17H17BrCl2O. The average molecular weight is 388 g/mol. The number of benzene rings is 2. The van der Waals surface area contributed by atoms with Crippen molar-refractivity contribution in [1.82, 2.24) is 0 Å². The number of hydrogen-bond donors (Lipinski definition) is 0. The summed E-state index contributed by atoms with van der Waals surface area (Å²) in [5.74, 6) is 0.892. The molecule has 0 spiro atoms. The van der Waals surface area contributed by atoms with Gasteiger partial charge in [0.15, 0.2) is 0 Å². The summed E-state index contributed by atoms with van der Waals surface area (Å²) in [6.07, 6.45) is 1.04. The number of ether oxygens (including phenoxy) is 1. The van der Waals surface area contributed by atoms with Gasteiger partial charge in [0, 0.05) is 4.83 Å². The van der Waals surface area contributed by atoms with E-state index in [9.17, 15) is 0 Å². The molecule has 4 heteroatoms. The van der Waals surface area contributed by atoms with Gasteiger partial charge >= 0.3 is 0 Å². The van der Waals surface area contributed by atoms with Crippen LogP contribution in [-0.4, -0.2) is 6.10 Å². The van der Waals surface area contributed by atoms with Crippen LogP contribution >= 0.6 is 39.1 Å². The molecule has 2 rings (SSSR count). The summed E-state index contributed by atoms with van der Waals surface area (Å²) in [4.78, 5) is 0.225. The maximum absolute atomic E-state index is 6.05. The summed E-state index contributed by atoms with van der Waals surface area (Å²) in [7, 11) is 0. The topological polar surface area (TPSA) is 9.23 Å². The molecule has 0 aliphatic heterocycles. The van der Waals surface area contributed by atoms with E-state index in [1.54, 1.807) is 0 Å². The third kappa shape index (κ3) is 4.91. The van der Waals surface area contributed by atoms with Crippen LogP contribution in [0.5, 0.6) is 5.75 Å². The van der Waals surface area contributed by atoms with Crippen LogP contribution in [-0.2, 0) is 6.42 Å². The maximum atomic E-state index is 6.05. The highest BCUT2D eigenvalue weighted by molar-refractivity contribution is 9.09. The minimum absolute atomic E-state index is 0.187. The van der Waals surface area contributed by atoms with Crippen molar-refractivity contribution in [3.63, 3.8) is 0 Å². The van der Waals surface area contributed by atoms with Crippen molar-refractivity contribution in [3.8, 4) is 5.75 Å². The van der Waals surface area contributed by atoms with E-state index in [-0.39, 0.29) is 10.9 Å². The van der Waals surface area contributed by atoms with Crippen molar-refractivity contribution in [2.24, 2.45) is 0 Å². The molecule has 1 unspecified atom stereocenters. The molecule has 0 radical (unpaired) electrons. The standard InChI is InChI=1S/C17H17BrCl2O/c1-11(2)21-14-6-4-13(5-7-14)15(18)9-12-3-8-16(19)17(20)10-12/h3-8,10-11,15H,9H2,1-2H3. The van der Waals surface area contributed by atoms with Crippen molar-refractivity contribution in [3.05, 3.63) is 63.6 Å². The normalized spacial score (nSPS) is 12.5. The summed E-state index contributed by atoms with van der Waals surface area (Å²) < 4.78 is 5.65. The first-order chi connectivity index (χ1) is 9.95. The first-order valence-corrected chi connectivity index (χ1v) is 8.47. The maximum Gasteiger partial charge on any atom is 0.119 e. The lowest BCUT2D eigenvalue weighted by atomic mass is 10.0. The van der Waals surface area contributed by atoms with Gasteiger partial charge in [0.25, 0.3) is 0 Å². The second-order valence-corrected chi connectivity index (χ2v) is 7.08. The Balaban J connectivity index is 2.05. The molecule has 21 heavy (non-hydrogen) atoms. The second kappa shape index (κ2) is 7.53. The molecule has 0 aliphatic carbocycles. The van der Waals surface area contributed by atoms with Crippen LogP contribution < -0.4 is 4.74 Å².